The lowest BCUT2D eigenvalue weighted by Gasteiger charge is -2.15. The highest BCUT2D eigenvalue weighted by Crippen LogP contribution is 2.21. The summed E-state index contributed by atoms with van der Waals surface area (Å²) >= 11 is 0. The van der Waals surface area contributed by atoms with Gasteiger partial charge in [-0.2, -0.15) is 0 Å². The second-order valence-corrected chi connectivity index (χ2v) is 4.83. The van der Waals surface area contributed by atoms with E-state index in [0.717, 1.165) is 37.4 Å². The summed E-state index contributed by atoms with van der Waals surface area (Å²) in [4.78, 5) is 14.1. The molecule has 1 amide bonds. The van der Waals surface area contributed by atoms with Gasteiger partial charge in [0.05, 0.1) is 0 Å². The molecule has 1 atom stereocenters. The van der Waals surface area contributed by atoms with Gasteiger partial charge in [0.1, 0.15) is 5.76 Å². The first-order valence-electron chi connectivity index (χ1n) is 6.12. The van der Waals surface area contributed by atoms with Crippen molar-refractivity contribution in [3.8, 4) is 0 Å². The lowest BCUT2D eigenvalue weighted by atomic mass is 10.1. The van der Waals surface area contributed by atoms with Gasteiger partial charge < -0.3 is 14.6 Å². The summed E-state index contributed by atoms with van der Waals surface area (Å²) in [6.45, 7) is 6.44. The summed E-state index contributed by atoms with van der Waals surface area (Å²) in [5, 5.41) is 3.16. The van der Waals surface area contributed by atoms with E-state index in [-0.39, 0.29) is 5.91 Å². The molecule has 4 heteroatoms. The highest BCUT2D eigenvalue weighted by molar-refractivity contribution is 5.93. The normalized spacial score (nSPS) is 19.9. The number of likely N-dealkylation sites (tertiary alicyclic amines) is 1. The summed E-state index contributed by atoms with van der Waals surface area (Å²) in [7, 11) is 1.95. The first-order valence-corrected chi connectivity index (χ1v) is 6.12. The van der Waals surface area contributed by atoms with Crippen LogP contribution in [0.4, 0.5) is 0 Å². The summed E-state index contributed by atoms with van der Waals surface area (Å²) in [5.74, 6) is 1.92. The molecule has 1 aromatic rings. The Morgan fingerprint density at radius 1 is 1.59 bits per heavy atom. The molecule has 0 saturated carbocycles. The summed E-state index contributed by atoms with van der Waals surface area (Å²) < 4.78 is 5.48. The van der Waals surface area contributed by atoms with Crippen LogP contribution >= 0.6 is 0 Å². The average molecular weight is 236 g/mol. The SMILES string of the molecule is CNCC1CCN(C(=O)c2oc(C)cc2C)C1. The molecule has 17 heavy (non-hydrogen) atoms. The maximum absolute atomic E-state index is 12.2. The third kappa shape index (κ3) is 2.52. The third-order valence-corrected chi connectivity index (χ3v) is 3.30. The molecule has 1 N–H and O–H groups in total. The monoisotopic (exact) mass is 236 g/mol. The highest BCUT2D eigenvalue weighted by atomic mass is 16.4. The maximum atomic E-state index is 12.2. The van der Waals surface area contributed by atoms with E-state index >= 15 is 0 Å². The van der Waals surface area contributed by atoms with E-state index in [4.69, 9.17) is 4.42 Å². The van der Waals surface area contributed by atoms with Crippen molar-refractivity contribution < 1.29 is 9.21 Å². The Morgan fingerprint density at radius 3 is 2.94 bits per heavy atom. The van der Waals surface area contributed by atoms with Crippen molar-refractivity contribution in [2.75, 3.05) is 26.7 Å². The van der Waals surface area contributed by atoms with Gasteiger partial charge in [-0.05, 0) is 45.8 Å². The zero-order valence-electron chi connectivity index (χ0n) is 10.7. The Morgan fingerprint density at radius 2 is 2.35 bits per heavy atom. The van der Waals surface area contributed by atoms with E-state index in [1.807, 2.05) is 31.9 Å². The van der Waals surface area contributed by atoms with Crippen LogP contribution in [0.2, 0.25) is 0 Å². The number of furan rings is 1. The second kappa shape index (κ2) is 4.92. The molecule has 2 heterocycles. The summed E-state index contributed by atoms with van der Waals surface area (Å²) in [5.41, 5.74) is 0.935. The van der Waals surface area contributed by atoms with Crippen LogP contribution in [0, 0.1) is 19.8 Å². The van der Waals surface area contributed by atoms with Gasteiger partial charge in [0, 0.05) is 18.7 Å². The molecule has 1 aromatic heterocycles. The van der Waals surface area contributed by atoms with E-state index in [1.54, 1.807) is 0 Å². The van der Waals surface area contributed by atoms with E-state index in [0.29, 0.717) is 11.7 Å². The Hall–Kier alpha value is -1.29. The number of carbonyl (C=O) groups excluding carboxylic acids is 1. The lowest BCUT2D eigenvalue weighted by molar-refractivity contribution is 0.0753. The number of nitrogens with zero attached hydrogens (tertiary/aromatic N) is 1. The Labute approximate surface area is 102 Å². The average Bonchev–Trinajstić information content (AvgIpc) is 2.85. The summed E-state index contributed by atoms with van der Waals surface area (Å²) in [6.07, 6.45) is 1.07. The van der Waals surface area contributed by atoms with Crippen LogP contribution in [0.3, 0.4) is 0 Å². The number of rotatable bonds is 3. The van der Waals surface area contributed by atoms with Gasteiger partial charge >= 0.3 is 0 Å². The smallest absolute Gasteiger partial charge is 0.289 e. The predicted octanol–water partition coefficient (Wildman–Crippen LogP) is 1.58. The fourth-order valence-corrected chi connectivity index (χ4v) is 2.47. The van der Waals surface area contributed by atoms with E-state index in [9.17, 15) is 4.79 Å². The molecular weight excluding hydrogens is 216 g/mol. The second-order valence-electron chi connectivity index (χ2n) is 4.83. The highest BCUT2D eigenvalue weighted by Gasteiger charge is 2.28. The quantitative estimate of drug-likeness (QED) is 0.866. The van der Waals surface area contributed by atoms with Crippen LogP contribution in [0.5, 0.6) is 0 Å². The van der Waals surface area contributed by atoms with Crippen LogP contribution < -0.4 is 5.32 Å². The lowest BCUT2D eigenvalue weighted by Crippen LogP contribution is -2.30. The van der Waals surface area contributed by atoms with Crippen LogP contribution in [-0.2, 0) is 0 Å². The molecule has 0 aromatic carbocycles. The van der Waals surface area contributed by atoms with Crippen molar-refractivity contribution >= 4 is 5.91 Å². The molecule has 0 radical (unpaired) electrons. The Balaban J connectivity index is 2.04. The van der Waals surface area contributed by atoms with Crippen LogP contribution in [0.15, 0.2) is 10.5 Å². The van der Waals surface area contributed by atoms with Gasteiger partial charge in [-0.3, -0.25) is 4.79 Å². The number of hydrogen-bond acceptors (Lipinski definition) is 3. The molecule has 0 spiro atoms. The third-order valence-electron chi connectivity index (χ3n) is 3.30. The molecule has 1 fully saturated rings. The van der Waals surface area contributed by atoms with Crippen LogP contribution in [0.25, 0.3) is 0 Å². The van der Waals surface area contributed by atoms with Gasteiger partial charge in [0.15, 0.2) is 5.76 Å². The van der Waals surface area contributed by atoms with Gasteiger partial charge in [0.2, 0.25) is 0 Å². The Kier molecular flexibility index (Phi) is 3.52. The number of nitrogens with one attached hydrogen (secondary N) is 1. The first-order chi connectivity index (χ1) is 8.11. The molecule has 94 valence electrons. The van der Waals surface area contributed by atoms with Crippen molar-refractivity contribution in [1.82, 2.24) is 10.2 Å². The van der Waals surface area contributed by atoms with Crippen molar-refractivity contribution in [3.05, 3.63) is 23.2 Å². The van der Waals surface area contributed by atoms with Gasteiger partial charge in [-0.15, -0.1) is 0 Å². The van der Waals surface area contributed by atoms with Crippen LogP contribution in [0.1, 0.15) is 28.3 Å². The molecule has 1 saturated heterocycles. The van der Waals surface area contributed by atoms with Crippen molar-refractivity contribution in [1.29, 1.82) is 0 Å². The van der Waals surface area contributed by atoms with Crippen LogP contribution in [-0.4, -0.2) is 37.5 Å². The minimum Gasteiger partial charge on any atom is -0.456 e. The molecule has 1 unspecified atom stereocenters. The van der Waals surface area contributed by atoms with Gasteiger partial charge in [0.25, 0.3) is 5.91 Å². The number of aryl methyl sites for hydroxylation is 2. The van der Waals surface area contributed by atoms with E-state index in [1.165, 1.54) is 0 Å². The van der Waals surface area contributed by atoms with Gasteiger partial charge in [-0.1, -0.05) is 0 Å². The minimum atomic E-state index is 0.0363. The van der Waals surface area contributed by atoms with E-state index < -0.39 is 0 Å². The number of carbonyl (C=O) groups is 1. The number of amides is 1. The van der Waals surface area contributed by atoms with Crippen molar-refractivity contribution in [3.63, 3.8) is 0 Å². The minimum absolute atomic E-state index is 0.0363. The maximum Gasteiger partial charge on any atom is 0.289 e. The molecule has 4 nitrogen and oxygen atoms in total. The zero-order valence-corrected chi connectivity index (χ0v) is 10.7. The zero-order chi connectivity index (χ0) is 12.4. The molecule has 1 aliphatic heterocycles. The molecule has 0 aliphatic carbocycles. The standard InChI is InChI=1S/C13H20N2O2/c1-9-6-10(2)17-12(9)13(16)15-5-4-11(8-15)7-14-3/h6,11,14H,4-5,7-8H2,1-3H3. The van der Waals surface area contributed by atoms with Crippen molar-refractivity contribution in [2.24, 2.45) is 5.92 Å². The molecule has 1 aliphatic rings. The van der Waals surface area contributed by atoms with Gasteiger partial charge in [-0.25, -0.2) is 0 Å². The fourth-order valence-electron chi connectivity index (χ4n) is 2.47. The largest absolute Gasteiger partial charge is 0.456 e. The summed E-state index contributed by atoms with van der Waals surface area (Å²) in [6, 6.07) is 1.91. The van der Waals surface area contributed by atoms with Crippen molar-refractivity contribution in [2.45, 2.75) is 20.3 Å². The van der Waals surface area contributed by atoms with E-state index in [2.05, 4.69) is 5.32 Å². The topological polar surface area (TPSA) is 45.5 Å². The first kappa shape index (κ1) is 12.2. The number of hydrogen-bond donors (Lipinski definition) is 1. The fraction of sp³-hybridized carbons (Fsp3) is 0.615. The predicted molar refractivity (Wildman–Crippen MR) is 66.1 cm³/mol. The molecular formula is C13H20N2O2. The molecule has 2 rings (SSSR count). The molecule has 0 bridgehead atoms. The Bertz CT molecular complexity index is 412.